The smallest absolute Gasteiger partial charge is 0.146 e. The fourth-order valence-electron chi connectivity index (χ4n) is 3.14. The number of nitrogens with zero attached hydrogens (tertiary/aromatic N) is 1. The van der Waals surface area contributed by atoms with Gasteiger partial charge < -0.3 is 10.2 Å². The van der Waals surface area contributed by atoms with Crippen LogP contribution in [-0.4, -0.2) is 13.6 Å². The molecule has 2 aromatic carbocycles. The standard InChI is InChI=1S/C18H21FN2/c1-20-12-15-8-4-10-17(19)18(15)21-11-5-9-14-6-2-3-7-16(14)13-21/h2-4,6-8,10,20H,5,9,11-13H2,1H3. The van der Waals surface area contributed by atoms with Gasteiger partial charge in [0.2, 0.25) is 0 Å². The van der Waals surface area contributed by atoms with Gasteiger partial charge in [0.25, 0.3) is 0 Å². The van der Waals surface area contributed by atoms with E-state index in [1.54, 1.807) is 12.1 Å². The fraction of sp³-hybridized carbons (Fsp3) is 0.333. The van der Waals surface area contributed by atoms with Crippen molar-refractivity contribution in [2.24, 2.45) is 0 Å². The fourth-order valence-corrected chi connectivity index (χ4v) is 3.14. The lowest BCUT2D eigenvalue weighted by Crippen LogP contribution is -2.25. The van der Waals surface area contributed by atoms with Crippen molar-refractivity contribution in [2.45, 2.75) is 25.9 Å². The van der Waals surface area contributed by atoms with Crippen LogP contribution in [0.3, 0.4) is 0 Å². The largest absolute Gasteiger partial charge is 0.365 e. The van der Waals surface area contributed by atoms with Gasteiger partial charge in [0.1, 0.15) is 5.82 Å². The molecule has 2 nitrogen and oxygen atoms in total. The number of anilines is 1. The van der Waals surface area contributed by atoms with Gasteiger partial charge in [0, 0.05) is 19.6 Å². The molecule has 3 heteroatoms. The van der Waals surface area contributed by atoms with Crippen molar-refractivity contribution in [2.75, 3.05) is 18.5 Å². The summed E-state index contributed by atoms with van der Waals surface area (Å²) in [6, 6.07) is 13.9. The van der Waals surface area contributed by atoms with Crippen molar-refractivity contribution in [3.63, 3.8) is 0 Å². The van der Waals surface area contributed by atoms with Crippen LogP contribution in [0.15, 0.2) is 42.5 Å². The quantitative estimate of drug-likeness (QED) is 0.928. The molecule has 0 radical (unpaired) electrons. The van der Waals surface area contributed by atoms with E-state index in [2.05, 4.69) is 34.5 Å². The topological polar surface area (TPSA) is 15.3 Å². The summed E-state index contributed by atoms with van der Waals surface area (Å²) in [7, 11) is 1.90. The minimum absolute atomic E-state index is 0.123. The van der Waals surface area contributed by atoms with E-state index in [9.17, 15) is 4.39 Å². The molecule has 2 aromatic rings. The lowest BCUT2D eigenvalue weighted by Gasteiger charge is -2.26. The Morgan fingerprint density at radius 2 is 1.90 bits per heavy atom. The Kier molecular flexibility index (Phi) is 4.20. The van der Waals surface area contributed by atoms with Gasteiger partial charge in [-0.05, 0) is 42.6 Å². The lowest BCUT2D eigenvalue weighted by molar-refractivity contribution is 0.610. The first-order valence-corrected chi connectivity index (χ1v) is 7.53. The number of fused-ring (bicyclic) bond motifs is 1. The second-order valence-corrected chi connectivity index (χ2v) is 5.57. The van der Waals surface area contributed by atoms with Crippen molar-refractivity contribution in [3.8, 4) is 0 Å². The maximum absolute atomic E-state index is 14.4. The van der Waals surface area contributed by atoms with E-state index in [1.165, 1.54) is 11.1 Å². The molecule has 1 heterocycles. The van der Waals surface area contributed by atoms with Gasteiger partial charge in [-0.3, -0.25) is 0 Å². The zero-order chi connectivity index (χ0) is 14.7. The van der Waals surface area contributed by atoms with E-state index in [-0.39, 0.29) is 5.82 Å². The van der Waals surface area contributed by atoms with Crippen molar-refractivity contribution in [3.05, 3.63) is 65.0 Å². The van der Waals surface area contributed by atoms with Crippen molar-refractivity contribution < 1.29 is 4.39 Å². The van der Waals surface area contributed by atoms with Crippen LogP contribution in [0.25, 0.3) is 0 Å². The number of nitrogens with one attached hydrogen (secondary N) is 1. The summed E-state index contributed by atoms with van der Waals surface area (Å²) in [5.41, 5.74) is 4.49. The van der Waals surface area contributed by atoms with E-state index in [4.69, 9.17) is 0 Å². The first-order valence-electron chi connectivity index (χ1n) is 7.53. The van der Waals surface area contributed by atoms with Gasteiger partial charge in [0.05, 0.1) is 5.69 Å². The summed E-state index contributed by atoms with van der Waals surface area (Å²) in [6.45, 7) is 2.37. The minimum Gasteiger partial charge on any atom is -0.365 e. The number of aryl methyl sites for hydroxylation is 1. The van der Waals surface area contributed by atoms with Crippen molar-refractivity contribution in [1.82, 2.24) is 5.32 Å². The molecule has 21 heavy (non-hydrogen) atoms. The molecular weight excluding hydrogens is 263 g/mol. The number of halogens is 1. The molecule has 3 rings (SSSR count). The molecule has 0 unspecified atom stereocenters. The predicted octanol–water partition coefficient (Wildman–Crippen LogP) is 3.50. The Labute approximate surface area is 125 Å². The number of hydrogen-bond acceptors (Lipinski definition) is 2. The van der Waals surface area contributed by atoms with Crippen LogP contribution in [0.2, 0.25) is 0 Å². The van der Waals surface area contributed by atoms with Crippen LogP contribution in [0.4, 0.5) is 10.1 Å². The minimum atomic E-state index is -0.123. The molecule has 1 aliphatic heterocycles. The molecule has 0 saturated heterocycles. The van der Waals surface area contributed by atoms with E-state index in [0.717, 1.165) is 37.2 Å². The molecule has 1 aliphatic rings. The van der Waals surface area contributed by atoms with Gasteiger partial charge in [-0.15, -0.1) is 0 Å². The van der Waals surface area contributed by atoms with Gasteiger partial charge in [-0.25, -0.2) is 4.39 Å². The molecular formula is C18H21FN2. The highest BCUT2D eigenvalue weighted by Gasteiger charge is 2.19. The molecule has 110 valence electrons. The molecule has 0 fully saturated rings. The summed E-state index contributed by atoms with van der Waals surface area (Å²) in [6.07, 6.45) is 2.13. The SMILES string of the molecule is CNCc1cccc(F)c1N1CCCc2ccccc2C1. The first kappa shape index (κ1) is 14.1. The van der Waals surface area contributed by atoms with Gasteiger partial charge in [-0.2, -0.15) is 0 Å². The van der Waals surface area contributed by atoms with Crippen LogP contribution in [0.5, 0.6) is 0 Å². The second kappa shape index (κ2) is 6.27. The number of rotatable bonds is 3. The Balaban J connectivity index is 1.97. The van der Waals surface area contributed by atoms with E-state index in [1.807, 2.05) is 13.1 Å². The number of hydrogen-bond donors (Lipinski definition) is 1. The maximum atomic E-state index is 14.4. The van der Waals surface area contributed by atoms with Gasteiger partial charge >= 0.3 is 0 Å². The summed E-state index contributed by atoms with van der Waals surface area (Å²) >= 11 is 0. The van der Waals surface area contributed by atoms with E-state index in [0.29, 0.717) is 6.54 Å². The monoisotopic (exact) mass is 284 g/mol. The number of benzene rings is 2. The third-order valence-electron chi connectivity index (χ3n) is 4.11. The Hall–Kier alpha value is -1.87. The molecule has 0 saturated carbocycles. The normalized spacial score (nSPS) is 14.7. The van der Waals surface area contributed by atoms with Crippen LogP contribution in [0, 0.1) is 5.82 Å². The molecule has 0 aromatic heterocycles. The van der Waals surface area contributed by atoms with Crippen LogP contribution in [-0.2, 0) is 19.5 Å². The average molecular weight is 284 g/mol. The highest BCUT2D eigenvalue weighted by atomic mass is 19.1. The third kappa shape index (κ3) is 2.93. The van der Waals surface area contributed by atoms with Gasteiger partial charge in [-0.1, -0.05) is 36.4 Å². The Morgan fingerprint density at radius 1 is 1.10 bits per heavy atom. The first-order chi connectivity index (χ1) is 10.3. The summed E-state index contributed by atoms with van der Waals surface area (Å²) in [4.78, 5) is 2.19. The molecule has 0 atom stereocenters. The van der Waals surface area contributed by atoms with E-state index >= 15 is 0 Å². The highest BCUT2D eigenvalue weighted by Crippen LogP contribution is 2.29. The summed E-state index contributed by atoms with van der Waals surface area (Å²) < 4.78 is 14.4. The van der Waals surface area contributed by atoms with Crippen LogP contribution < -0.4 is 10.2 Å². The zero-order valence-electron chi connectivity index (χ0n) is 12.4. The molecule has 1 N–H and O–H groups in total. The zero-order valence-corrected chi connectivity index (χ0v) is 12.4. The van der Waals surface area contributed by atoms with Crippen molar-refractivity contribution >= 4 is 5.69 Å². The molecule has 0 spiro atoms. The van der Waals surface area contributed by atoms with Crippen LogP contribution >= 0.6 is 0 Å². The lowest BCUT2D eigenvalue weighted by atomic mass is 10.0. The van der Waals surface area contributed by atoms with Crippen molar-refractivity contribution in [1.29, 1.82) is 0 Å². The van der Waals surface area contributed by atoms with E-state index < -0.39 is 0 Å². The van der Waals surface area contributed by atoms with Gasteiger partial charge in [0.15, 0.2) is 0 Å². The Bertz CT molecular complexity index is 624. The second-order valence-electron chi connectivity index (χ2n) is 5.57. The maximum Gasteiger partial charge on any atom is 0.146 e. The average Bonchev–Trinajstić information content (AvgIpc) is 2.70. The number of para-hydroxylation sites is 1. The summed E-state index contributed by atoms with van der Waals surface area (Å²) in [5.74, 6) is -0.123. The Morgan fingerprint density at radius 3 is 2.71 bits per heavy atom. The molecule has 0 amide bonds. The third-order valence-corrected chi connectivity index (χ3v) is 4.11. The highest BCUT2D eigenvalue weighted by molar-refractivity contribution is 5.56. The van der Waals surface area contributed by atoms with Crippen LogP contribution in [0.1, 0.15) is 23.1 Å². The molecule has 0 bridgehead atoms. The predicted molar refractivity (Wildman–Crippen MR) is 85.0 cm³/mol. The molecule has 0 aliphatic carbocycles. The summed E-state index contributed by atoms with van der Waals surface area (Å²) in [5, 5.41) is 3.13.